The quantitative estimate of drug-likeness (QED) is 0.874. The maximum atomic E-state index is 5.78. The number of benzene rings is 2. The van der Waals surface area contributed by atoms with Crippen LogP contribution in [-0.2, 0) is 11.2 Å². The van der Waals surface area contributed by atoms with Crippen molar-refractivity contribution in [2.24, 2.45) is 5.73 Å². The highest BCUT2D eigenvalue weighted by Gasteiger charge is 2.21. The van der Waals surface area contributed by atoms with Crippen molar-refractivity contribution in [1.29, 1.82) is 0 Å². The fourth-order valence-electron chi connectivity index (χ4n) is 2.66. The lowest BCUT2D eigenvalue weighted by atomic mass is 9.89. The zero-order valence-electron chi connectivity index (χ0n) is 10.3. The van der Waals surface area contributed by atoms with Crippen LogP contribution in [0.3, 0.4) is 0 Å². The summed E-state index contributed by atoms with van der Waals surface area (Å²) in [6, 6.07) is 16.9. The molecule has 1 aliphatic rings. The summed E-state index contributed by atoms with van der Waals surface area (Å²) in [5.41, 5.74) is 11.0. The second-order valence-electron chi connectivity index (χ2n) is 4.58. The normalized spacial score (nSPS) is 18.4. The number of nitrogens with two attached hydrogens (primary N) is 1. The smallest absolute Gasteiger partial charge is 0.0950 e. The summed E-state index contributed by atoms with van der Waals surface area (Å²) >= 11 is 0. The summed E-state index contributed by atoms with van der Waals surface area (Å²) in [5, 5.41) is 0. The third kappa shape index (κ3) is 1.94. The van der Waals surface area contributed by atoms with E-state index in [1.807, 2.05) is 6.07 Å². The Bertz CT molecular complexity index is 536. The molecule has 1 atom stereocenters. The van der Waals surface area contributed by atoms with Crippen molar-refractivity contribution in [2.45, 2.75) is 12.5 Å². The van der Waals surface area contributed by atoms with Gasteiger partial charge in [-0.3, -0.25) is 0 Å². The molecule has 92 valence electrons. The zero-order chi connectivity index (χ0) is 12.4. The third-order valence-corrected chi connectivity index (χ3v) is 3.53. The molecule has 0 unspecified atom stereocenters. The van der Waals surface area contributed by atoms with Crippen LogP contribution in [0.5, 0.6) is 0 Å². The lowest BCUT2D eigenvalue weighted by Crippen LogP contribution is -2.23. The van der Waals surface area contributed by atoms with Gasteiger partial charge in [-0.15, -0.1) is 0 Å². The van der Waals surface area contributed by atoms with Crippen molar-refractivity contribution in [2.75, 3.05) is 13.2 Å². The molecule has 2 heteroatoms. The average molecular weight is 239 g/mol. The molecule has 2 aromatic carbocycles. The highest BCUT2D eigenvalue weighted by atomic mass is 16.5. The van der Waals surface area contributed by atoms with Crippen molar-refractivity contribution in [1.82, 2.24) is 0 Å². The molecule has 0 saturated heterocycles. The highest BCUT2D eigenvalue weighted by Crippen LogP contribution is 2.33. The summed E-state index contributed by atoms with van der Waals surface area (Å²) in [5.74, 6) is 0. The molecule has 0 fully saturated rings. The second kappa shape index (κ2) is 4.92. The summed E-state index contributed by atoms with van der Waals surface area (Å²) in [6.45, 7) is 1.31. The Morgan fingerprint density at radius 2 is 1.89 bits per heavy atom. The summed E-state index contributed by atoms with van der Waals surface area (Å²) in [7, 11) is 0. The largest absolute Gasteiger partial charge is 0.372 e. The van der Waals surface area contributed by atoms with Crippen LogP contribution >= 0.6 is 0 Å². The first-order valence-corrected chi connectivity index (χ1v) is 6.39. The number of hydrogen-bond donors (Lipinski definition) is 1. The molecule has 2 N–H and O–H groups in total. The zero-order valence-corrected chi connectivity index (χ0v) is 10.3. The van der Waals surface area contributed by atoms with Gasteiger partial charge >= 0.3 is 0 Å². The Kier molecular flexibility index (Phi) is 3.13. The Hall–Kier alpha value is -1.64. The van der Waals surface area contributed by atoms with Crippen molar-refractivity contribution >= 4 is 0 Å². The molecular weight excluding hydrogens is 222 g/mol. The topological polar surface area (TPSA) is 35.2 Å². The summed E-state index contributed by atoms with van der Waals surface area (Å²) < 4.78 is 5.72. The van der Waals surface area contributed by atoms with Crippen LogP contribution < -0.4 is 5.73 Å². The second-order valence-corrected chi connectivity index (χ2v) is 4.58. The Morgan fingerprint density at radius 1 is 1.06 bits per heavy atom. The first-order chi connectivity index (χ1) is 8.90. The van der Waals surface area contributed by atoms with Gasteiger partial charge in [-0.25, -0.2) is 0 Å². The molecule has 3 rings (SSSR count). The van der Waals surface area contributed by atoms with Gasteiger partial charge in [0.05, 0.1) is 12.7 Å². The maximum Gasteiger partial charge on any atom is 0.0950 e. The van der Waals surface area contributed by atoms with Gasteiger partial charge in [0, 0.05) is 6.54 Å². The predicted octanol–water partition coefficient (Wildman–Crippen LogP) is 2.93. The predicted molar refractivity (Wildman–Crippen MR) is 73.3 cm³/mol. The molecule has 2 nitrogen and oxygen atoms in total. The van der Waals surface area contributed by atoms with Gasteiger partial charge < -0.3 is 10.5 Å². The minimum absolute atomic E-state index is 0.0532. The van der Waals surface area contributed by atoms with E-state index in [0.717, 1.165) is 13.0 Å². The molecule has 0 amide bonds. The molecule has 0 aromatic heterocycles. The number of hydrogen-bond acceptors (Lipinski definition) is 2. The summed E-state index contributed by atoms with van der Waals surface area (Å²) in [4.78, 5) is 0. The van der Waals surface area contributed by atoms with Gasteiger partial charge in [0.1, 0.15) is 0 Å². The number of ether oxygens (including phenoxy) is 1. The van der Waals surface area contributed by atoms with Gasteiger partial charge in [-0.1, -0.05) is 48.5 Å². The molecular formula is C16H17NO. The van der Waals surface area contributed by atoms with E-state index >= 15 is 0 Å². The van der Waals surface area contributed by atoms with E-state index in [2.05, 4.69) is 42.5 Å². The van der Waals surface area contributed by atoms with E-state index < -0.39 is 0 Å². The maximum absolute atomic E-state index is 5.78. The molecule has 0 saturated carbocycles. The first kappa shape index (κ1) is 11.5. The monoisotopic (exact) mass is 239 g/mol. The van der Waals surface area contributed by atoms with E-state index in [0.29, 0.717) is 6.54 Å². The molecule has 0 aliphatic carbocycles. The molecule has 0 spiro atoms. The van der Waals surface area contributed by atoms with E-state index in [4.69, 9.17) is 10.5 Å². The minimum atomic E-state index is 0.0532. The van der Waals surface area contributed by atoms with Crippen LogP contribution in [-0.4, -0.2) is 13.2 Å². The average Bonchev–Trinajstić information content (AvgIpc) is 2.47. The third-order valence-electron chi connectivity index (χ3n) is 3.53. The molecule has 0 bridgehead atoms. The van der Waals surface area contributed by atoms with Crippen LogP contribution in [0.1, 0.15) is 17.2 Å². The van der Waals surface area contributed by atoms with Crippen LogP contribution in [0.4, 0.5) is 0 Å². The van der Waals surface area contributed by atoms with Gasteiger partial charge in [-0.2, -0.15) is 0 Å². The fraction of sp³-hybridized carbons (Fsp3) is 0.250. The van der Waals surface area contributed by atoms with E-state index in [9.17, 15) is 0 Å². The number of fused-ring (bicyclic) bond motifs is 1. The minimum Gasteiger partial charge on any atom is -0.372 e. The molecule has 1 aliphatic heterocycles. The Morgan fingerprint density at radius 3 is 2.67 bits per heavy atom. The van der Waals surface area contributed by atoms with Gasteiger partial charge in [0.15, 0.2) is 0 Å². The fourth-order valence-corrected chi connectivity index (χ4v) is 2.66. The van der Waals surface area contributed by atoms with Gasteiger partial charge in [0.25, 0.3) is 0 Å². The molecule has 0 radical (unpaired) electrons. The van der Waals surface area contributed by atoms with E-state index in [1.165, 1.54) is 22.3 Å². The van der Waals surface area contributed by atoms with E-state index in [-0.39, 0.29) is 6.10 Å². The molecule has 18 heavy (non-hydrogen) atoms. The standard InChI is InChI=1S/C16H17NO/c17-11-16-15-8-4-7-13(14(15)9-10-18-16)12-5-2-1-3-6-12/h1-8,16H,9-11,17H2/t16-/m0/s1. The van der Waals surface area contributed by atoms with Crippen molar-refractivity contribution in [3.8, 4) is 11.1 Å². The van der Waals surface area contributed by atoms with Gasteiger partial charge in [0.2, 0.25) is 0 Å². The lowest BCUT2D eigenvalue weighted by Gasteiger charge is -2.27. The van der Waals surface area contributed by atoms with Crippen molar-refractivity contribution in [3.63, 3.8) is 0 Å². The SMILES string of the molecule is NC[C@@H]1OCCc2c(-c3ccccc3)cccc21. The van der Waals surface area contributed by atoms with Crippen LogP contribution in [0.2, 0.25) is 0 Å². The van der Waals surface area contributed by atoms with E-state index in [1.54, 1.807) is 0 Å². The van der Waals surface area contributed by atoms with Crippen molar-refractivity contribution in [3.05, 3.63) is 59.7 Å². The highest BCUT2D eigenvalue weighted by molar-refractivity contribution is 5.69. The number of rotatable bonds is 2. The van der Waals surface area contributed by atoms with Crippen LogP contribution in [0, 0.1) is 0 Å². The molecule has 1 heterocycles. The van der Waals surface area contributed by atoms with Crippen molar-refractivity contribution < 1.29 is 4.74 Å². The Labute approximate surface area is 107 Å². The molecule has 2 aromatic rings. The van der Waals surface area contributed by atoms with Crippen LogP contribution in [0.15, 0.2) is 48.5 Å². The first-order valence-electron chi connectivity index (χ1n) is 6.39. The Balaban J connectivity index is 2.12. The summed E-state index contributed by atoms with van der Waals surface area (Å²) in [6.07, 6.45) is 1.02. The van der Waals surface area contributed by atoms with Gasteiger partial charge in [-0.05, 0) is 28.7 Å². The lowest BCUT2D eigenvalue weighted by molar-refractivity contribution is 0.0486. The van der Waals surface area contributed by atoms with Crippen LogP contribution in [0.25, 0.3) is 11.1 Å².